The summed E-state index contributed by atoms with van der Waals surface area (Å²) in [4.78, 5) is 27.6. The summed E-state index contributed by atoms with van der Waals surface area (Å²) >= 11 is 0. The predicted molar refractivity (Wildman–Crippen MR) is 121 cm³/mol. The van der Waals surface area contributed by atoms with E-state index < -0.39 is 28.7 Å². The second-order valence-electron chi connectivity index (χ2n) is 9.27. The van der Waals surface area contributed by atoms with Gasteiger partial charge in [0.2, 0.25) is 0 Å². The molecule has 0 atom stereocenters. The number of aliphatic hydroxyl groups is 1. The zero-order valence-corrected chi connectivity index (χ0v) is 19.4. The molecule has 35 heavy (non-hydrogen) atoms. The number of esters is 1. The summed E-state index contributed by atoms with van der Waals surface area (Å²) in [5.74, 6) is -0.576. The molecule has 2 fully saturated rings. The van der Waals surface area contributed by atoms with Crippen LogP contribution in [-0.2, 0) is 32.5 Å². The summed E-state index contributed by atoms with van der Waals surface area (Å²) in [5, 5.41) is 10.4. The lowest BCUT2D eigenvalue weighted by atomic mass is 9.73. The number of hydrogen-bond donors (Lipinski definition) is 1. The Morgan fingerprint density at radius 2 is 1.63 bits per heavy atom. The lowest BCUT2D eigenvalue weighted by Crippen LogP contribution is -2.48. The molecule has 6 nitrogen and oxygen atoms in total. The van der Waals surface area contributed by atoms with Crippen LogP contribution in [0.25, 0.3) is 0 Å². The van der Waals surface area contributed by atoms with E-state index in [9.17, 15) is 27.9 Å². The zero-order valence-electron chi connectivity index (χ0n) is 19.4. The number of rotatable bonds is 6. The van der Waals surface area contributed by atoms with Crippen molar-refractivity contribution in [3.63, 3.8) is 0 Å². The van der Waals surface area contributed by atoms with Crippen molar-refractivity contribution in [1.29, 1.82) is 0 Å². The first-order chi connectivity index (χ1) is 16.6. The highest BCUT2D eigenvalue weighted by Gasteiger charge is 2.44. The minimum atomic E-state index is -4.43. The number of carbonyl (C=O) groups excluding carboxylic acids is 2. The molecule has 2 aromatic carbocycles. The van der Waals surface area contributed by atoms with E-state index in [1.807, 2.05) is 0 Å². The summed E-state index contributed by atoms with van der Waals surface area (Å²) in [6.45, 7) is 2.98. The molecule has 2 saturated heterocycles. The van der Waals surface area contributed by atoms with Gasteiger partial charge in [0.25, 0.3) is 5.91 Å². The van der Waals surface area contributed by atoms with Crippen LogP contribution in [0.5, 0.6) is 0 Å². The Hall–Kier alpha value is -2.91. The maximum Gasteiger partial charge on any atom is 0.416 e. The van der Waals surface area contributed by atoms with E-state index in [0.717, 1.165) is 12.1 Å². The maximum atomic E-state index is 13.1. The maximum absolute atomic E-state index is 13.1. The zero-order chi connectivity index (χ0) is 25.3. The number of halogens is 3. The average molecular weight is 492 g/mol. The number of amides is 1. The van der Waals surface area contributed by atoms with Crippen LogP contribution in [0.2, 0.25) is 0 Å². The third kappa shape index (κ3) is 5.21. The molecule has 1 N–H and O–H groups in total. The highest BCUT2D eigenvalue weighted by atomic mass is 19.4. The molecule has 0 aromatic heterocycles. The highest BCUT2D eigenvalue weighted by Crippen LogP contribution is 2.38. The Balaban J connectivity index is 1.45. The molecule has 9 heteroatoms. The fourth-order valence-electron chi connectivity index (χ4n) is 4.65. The van der Waals surface area contributed by atoms with Gasteiger partial charge in [0.15, 0.2) is 0 Å². The van der Waals surface area contributed by atoms with Gasteiger partial charge in [-0.15, -0.1) is 0 Å². The number of ether oxygens (including phenoxy) is 2. The molecule has 4 rings (SSSR count). The monoisotopic (exact) mass is 491 g/mol. The molecule has 1 amide bonds. The first-order valence-corrected chi connectivity index (χ1v) is 11.6. The van der Waals surface area contributed by atoms with Crippen molar-refractivity contribution in [3.8, 4) is 0 Å². The molecule has 2 aromatic rings. The van der Waals surface area contributed by atoms with Crippen LogP contribution >= 0.6 is 0 Å². The van der Waals surface area contributed by atoms with Crippen molar-refractivity contribution in [3.05, 3.63) is 70.8 Å². The Bertz CT molecular complexity index is 1050. The molecular formula is C26H28F3NO5. The van der Waals surface area contributed by atoms with Crippen LogP contribution in [0, 0.1) is 5.41 Å². The summed E-state index contributed by atoms with van der Waals surface area (Å²) in [6, 6.07) is 11.6. The van der Waals surface area contributed by atoms with Gasteiger partial charge >= 0.3 is 12.1 Å². The molecule has 188 valence electrons. The summed E-state index contributed by atoms with van der Waals surface area (Å²) in [5.41, 5.74) is -0.886. The first-order valence-electron chi connectivity index (χ1n) is 11.6. The van der Waals surface area contributed by atoms with E-state index >= 15 is 0 Å². The quantitative estimate of drug-likeness (QED) is 0.620. The van der Waals surface area contributed by atoms with Crippen molar-refractivity contribution >= 4 is 11.9 Å². The van der Waals surface area contributed by atoms with Gasteiger partial charge in [0.1, 0.15) is 5.60 Å². The van der Waals surface area contributed by atoms with Crippen molar-refractivity contribution < 1.29 is 37.3 Å². The minimum Gasteiger partial charge on any atom is -0.466 e. The second-order valence-corrected chi connectivity index (χ2v) is 9.27. The number of nitrogens with zero attached hydrogens (tertiary/aromatic N) is 1. The van der Waals surface area contributed by atoms with Crippen LogP contribution in [0.4, 0.5) is 13.2 Å². The average Bonchev–Trinajstić information content (AvgIpc) is 2.82. The third-order valence-corrected chi connectivity index (χ3v) is 6.89. The fourth-order valence-corrected chi connectivity index (χ4v) is 4.65. The Morgan fingerprint density at radius 3 is 2.11 bits per heavy atom. The molecular weight excluding hydrogens is 463 g/mol. The summed E-state index contributed by atoms with van der Waals surface area (Å²) in [7, 11) is 0. The van der Waals surface area contributed by atoms with Gasteiger partial charge in [0, 0.05) is 18.7 Å². The highest BCUT2D eigenvalue weighted by molar-refractivity contribution is 5.94. The smallest absolute Gasteiger partial charge is 0.416 e. The summed E-state index contributed by atoms with van der Waals surface area (Å²) in [6.07, 6.45) is -3.51. The number of hydrogen-bond acceptors (Lipinski definition) is 5. The van der Waals surface area contributed by atoms with Gasteiger partial charge in [0.05, 0.1) is 30.8 Å². The summed E-state index contributed by atoms with van der Waals surface area (Å²) < 4.78 is 49.1. The molecule has 0 unspecified atom stereocenters. The number of likely N-dealkylation sites (tertiary alicyclic amines) is 1. The molecule has 2 aliphatic heterocycles. The van der Waals surface area contributed by atoms with E-state index in [0.29, 0.717) is 42.6 Å². The minimum absolute atomic E-state index is 0.180. The van der Waals surface area contributed by atoms with Gasteiger partial charge in [-0.2, -0.15) is 13.2 Å². The number of benzene rings is 2. The first kappa shape index (κ1) is 25.2. The van der Waals surface area contributed by atoms with E-state index in [1.165, 1.54) is 12.1 Å². The molecule has 2 aliphatic rings. The number of alkyl halides is 3. The Kier molecular flexibility index (Phi) is 6.92. The molecule has 0 radical (unpaired) electrons. The van der Waals surface area contributed by atoms with Crippen molar-refractivity contribution in [2.24, 2.45) is 5.41 Å². The van der Waals surface area contributed by atoms with Crippen LogP contribution < -0.4 is 0 Å². The topological polar surface area (TPSA) is 76.1 Å². The molecule has 0 spiro atoms. The lowest BCUT2D eigenvalue weighted by Gasteiger charge is -2.40. The van der Waals surface area contributed by atoms with Crippen molar-refractivity contribution in [2.45, 2.75) is 38.0 Å². The predicted octanol–water partition coefficient (Wildman–Crippen LogP) is 3.95. The molecule has 0 saturated carbocycles. The fraction of sp³-hybridized carbons (Fsp3) is 0.462. The van der Waals surface area contributed by atoms with Crippen molar-refractivity contribution in [2.75, 3.05) is 32.9 Å². The van der Waals surface area contributed by atoms with E-state index in [-0.39, 0.29) is 32.1 Å². The normalized spacial score (nSPS) is 19.1. The van der Waals surface area contributed by atoms with Gasteiger partial charge < -0.3 is 19.5 Å². The number of piperidine rings is 1. The van der Waals surface area contributed by atoms with Crippen molar-refractivity contribution in [1.82, 2.24) is 4.90 Å². The molecule has 2 heterocycles. The lowest BCUT2D eigenvalue weighted by molar-refractivity contribution is -0.184. The van der Waals surface area contributed by atoms with Crippen LogP contribution in [0.1, 0.15) is 46.8 Å². The van der Waals surface area contributed by atoms with E-state index in [4.69, 9.17) is 9.47 Å². The third-order valence-electron chi connectivity index (χ3n) is 6.89. The number of carbonyl (C=O) groups is 2. The second kappa shape index (κ2) is 9.62. The molecule has 0 aliphatic carbocycles. The van der Waals surface area contributed by atoms with Crippen LogP contribution in [-0.4, -0.2) is 54.8 Å². The van der Waals surface area contributed by atoms with E-state index in [2.05, 4.69) is 0 Å². The Labute approximate surface area is 201 Å². The SMILES string of the molecule is CCOC(=O)C1(Cc2ccc(C(F)(F)F)cc2)CCN(C(=O)c2ccc(C3(O)COC3)cc2)CC1. The van der Waals surface area contributed by atoms with Gasteiger partial charge in [-0.05, 0) is 61.6 Å². The van der Waals surface area contributed by atoms with Gasteiger partial charge in [-0.1, -0.05) is 24.3 Å². The van der Waals surface area contributed by atoms with Crippen LogP contribution in [0.3, 0.4) is 0 Å². The molecule has 0 bridgehead atoms. The van der Waals surface area contributed by atoms with E-state index in [1.54, 1.807) is 36.1 Å². The largest absolute Gasteiger partial charge is 0.466 e. The standard InChI is InChI=1S/C26H28F3NO5/c1-2-35-23(32)24(15-18-3-7-21(8-4-18)26(27,28)29)11-13-30(14-12-24)22(31)19-5-9-20(10-6-19)25(33)16-34-17-25/h3-10,33H,2,11-17H2,1H3. The van der Waals surface area contributed by atoms with Gasteiger partial charge in [-0.25, -0.2) is 0 Å². The van der Waals surface area contributed by atoms with Gasteiger partial charge in [-0.3, -0.25) is 9.59 Å². The van der Waals surface area contributed by atoms with Crippen LogP contribution in [0.15, 0.2) is 48.5 Å². The Morgan fingerprint density at radius 1 is 1.03 bits per heavy atom.